The first-order chi connectivity index (χ1) is 22.9. The highest BCUT2D eigenvalue weighted by Crippen LogP contribution is 2.39. The first-order valence-electron chi connectivity index (χ1n) is 15.9. The second-order valence-electron chi connectivity index (χ2n) is 12.9. The van der Waals surface area contributed by atoms with Crippen molar-refractivity contribution in [2.24, 2.45) is 0 Å². The van der Waals surface area contributed by atoms with Crippen LogP contribution < -0.4 is 5.19 Å². The van der Waals surface area contributed by atoms with E-state index in [4.69, 9.17) is 15.0 Å². The minimum Gasteiger partial charge on any atom is -0.208 e. The van der Waals surface area contributed by atoms with Crippen LogP contribution in [0.5, 0.6) is 0 Å². The molecule has 0 aliphatic rings. The smallest absolute Gasteiger partial charge is 0.164 e. The van der Waals surface area contributed by atoms with Gasteiger partial charge in [-0.2, -0.15) is 0 Å². The van der Waals surface area contributed by atoms with Crippen molar-refractivity contribution in [2.75, 3.05) is 0 Å². The van der Waals surface area contributed by atoms with Gasteiger partial charge in [0.25, 0.3) is 0 Å². The van der Waals surface area contributed by atoms with E-state index in [9.17, 15) is 0 Å². The summed E-state index contributed by atoms with van der Waals surface area (Å²) >= 11 is 1.80. The van der Waals surface area contributed by atoms with Crippen LogP contribution in [0.2, 0.25) is 19.6 Å². The lowest BCUT2D eigenvalue weighted by Gasteiger charge is -2.17. The van der Waals surface area contributed by atoms with Gasteiger partial charge in [0, 0.05) is 36.9 Å². The molecule has 47 heavy (non-hydrogen) atoms. The molecule has 0 unspecified atom stereocenters. The highest BCUT2D eigenvalue weighted by Gasteiger charge is 2.18. The van der Waals surface area contributed by atoms with Crippen LogP contribution in [0, 0.1) is 0 Å². The molecule has 0 bridgehead atoms. The SMILES string of the molecule is C[Si](C)(C)c1cccc(-c2cccc(-c3ccc(-c4nc(-c5ccccc5)nc(-c5cccc6sc7ccccc7c56)n4)cc3)c2)c1. The quantitative estimate of drug-likeness (QED) is 0.170. The highest BCUT2D eigenvalue weighted by molar-refractivity contribution is 7.25. The van der Waals surface area contributed by atoms with Crippen LogP contribution in [0.15, 0.2) is 146 Å². The molecule has 0 N–H and O–H groups in total. The van der Waals surface area contributed by atoms with Crippen molar-refractivity contribution in [2.45, 2.75) is 19.6 Å². The van der Waals surface area contributed by atoms with Gasteiger partial charge in [0.15, 0.2) is 17.5 Å². The minimum atomic E-state index is -1.40. The molecule has 8 rings (SSSR count). The molecule has 0 spiro atoms. The lowest BCUT2D eigenvalue weighted by Crippen LogP contribution is -2.37. The van der Waals surface area contributed by atoms with Crippen LogP contribution >= 0.6 is 11.3 Å². The lowest BCUT2D eigenvalue weighted by atomic mass is 9.98. The van der Waals surface area contributed by atoms with Crippen LogP contribution in [0.3, 0.4) is 0 Å². The second kappa shape index (κ2) is 11.8. The topological polar surface area (TPSA) is 38.7 Å². The predicted molar refractivity (Wildman–Crippen MR) is 203 cm³/mol. The summed E-state index contributed by atoms with van der Waals surface area (Å²) in [7, 11) is -1.40. The zero-order valence-corrected chi connectivity index (χ0v) is 28.4. The van der Waals surface area contributed by atoms with Crippen molar-refractivity contribution in [1.29, 1.82) is 0 Å². The maximum absolute atomic E-state index is 5.11. The van der Waals surface area contributed by atoms with E-state index >= 15 is 0 Å². The van der Waals surface area contributed by atoms with Crippen molar-refractivity contribution in [1.82, 2.24) is 15.0 Å². The largest absolute Gasteiger partial charge is 0.208 e. The number of fused-ring (bicyclic) bond motifs is 3. The van der Waals surface area contributed by atoms with Gasteiger partial charge in [0.05, 0.1) is 8.07 Å². The molecular formula is C42H33N3SSi. The molecule has 0 saturated carbocycles. The molecule has 0 radical (unpaired) electrons. The molecule has 0 aliphatic carbocycles. The summed E-state index contributed by atoms with van der Waals surface area (Å²) < 4.78 is 2.49. The summed E-state index contributed by atoms with van der Waals surface area (Å²) in [5.41, 5.74) is 7.78. The van der Waals surface area contributed by atoms with E-state index in [1.165, 1.54) is 42.0 Å². The first kappa shape index (κ1) is 29.2. The Bertz CT molecular complexity index is 2390. The van der Waals surface area contributed by atoms with Gasteiger partial charge >= 0.3 is 0 Å². The van der Waals surface area contributed by atoms with Crippen molar-refractivity contribution in [3.05, 3.63) is 146 Å². The Morgan fingerprint density at radius 2 is 0.957 bits per heavy atom. The van der Waals surface area contributed by atoms with E-state index in [1.807, 2.05) is 18.2 Å². The second-order valence-corrected chi connectivity index (χ2v) is 19.1. The van der Waals surface area contributed by atoms with E-state index in [2.05, 4.69) is 147 Å². The van der Waals surface area contributed by atoms with Gasteiger partial charge in [-0.05, 0) is 40.5 Å². The van der Waals surface area contributed by atoms with Crippen molar-refractivity contribution >= 4 is 44.8 Å². The van der Waals surface area contributed by atoms with Gasteiger partial charge in [-0.1, -0.05) is 152 Å². The summed E-state index contributed by atoms with van der Waals surface area (Å²) in [6, 6.07) is 51.6. The van der Waals surface area contributed by atoms with Crippen LogP contribution in [0.1, 0.15) is 0 Å². The fourth-order valence-corrected chi connectivity index (χ4v) is 8.48. The molecule has 3 nitrogen and oxygen atoms in total. The van der Waals surface area contributed by atoms with E-state index in [1.54, 1.807) is 11.3 Å². The molecule has 2 heterocycles. The van der Waals surface area contributed by atoms with Crippen LogP contribution in [-0.4, -0.2) is 23.0 Å². The van der Waals surface area contributed by atoms with E-state index in [0.29, 0.717) is 17.5 Å². The zero-order chi connectivity index (χ0) is 32.0. The average Bonchev–Trinajstić information content (AvgIpc) is 3.51. The molecule has 2 aromatic heterocycles. The van der Waals surface area contributed by atoms with Crippen molar-refractivity contribution < 1.29 is 0 Å². The molecular weight excluding hydrogens is 607 g/mol. The van der Waals surface area contributed by atoms with Gasteiger partial charge in [0.1, 0.15) is 0 Å². The molecule has 6 aromatic carbocycles. The first-order valence-corrected chi connectivity index (χ1v) is 20.3. The minimum absolute atomic E-state index is 0.661. The standard InChI is InChI=1S/C42H33N3SSi/c1-47(2,3)34-17-10-16-33(27-34)32-15-9-14-31(26-32)28-22-24-30(25-23-28)41-43-40(29-12-5-4-6-13-29)44-42(45-41)36-19-11-21-38-39(36)35-18-7-8-20-37(35)46-38/h4-27H,1-3H3. The summed E-state index contributed by atoms with van der Waals surface area (Å²) in [6.07, 6.45) is 0. The summed E-state index contributed by atoms with van der Waals surface area (Å²) in [6.45, 7) is 7.19. The number of benzene rings is 6. The van der Waals surface area contributed by atoms with Gasteiger partial charge in [-0.15, -0.1) is 11.3 Å². The van der Waals surface area contributed by atoms with E-state index in [0.717, 1.165) is 22.3 Å². The van der Waals surface area contributed by atoms with Crippen LogP contribution in [0.4, 0.5) is 0 Å². The third-order valence-electron chi connectivity index (χ3n) is 8.71. The Labute approximate surface area is 280 Å². The van der Waals surface area contributed by atoms with Crippen molar-refractivity contribution in [3.63, 3.8) is 0 Å². The van der Waals surface area contributed by atoms with Crippen molar-refractivity contribution in [3.8, 4) is 56.4 Å². The molecule has 8 aromatic rings. The highest BCUT2D eigenvalue weighted by atomic mass is 32.1. The normalized spacial score (nSPS) is 11.7. The number of thiophene rings is 1. The van der Waals surface area contributed by atoms with E-state index < -0.39 is 8.07 Å². The monoisotopic (exact) mass is 639 g/mol. The summed E-state index contributed by atoms with van der Waals surface area (Å²) in [5.74, 6) is 2.01. The zero-order valence-electron chi connectivity index (χ0n) is 26.6. The fourth-order valence-electron chi connectivity index (χ4n) is 6.16. The number of aromatic nitrogens is 3. The Morgan fingerprint density at radius 1 is 0.426 bits per heavy atom. The number of nitrogens with zero attached hydrogens (tertiary/aromatic N) is 3. The maximum atomic E-state index is 5.11. The van der Waals surface area contributed by atoms with Gasteiger partial charge in [0.2, 0.25) is 0 Å². The van der Waals surface area contributed by atoms with E-state index in [-0.39, 0.29) is 0 Å². The molecule has 0 fully saturated rings. The molecule has 5 heteroatoms. The predicted octanol–water partition coefficient (Wildman–Crippen LogP) is 11.1. The van der Waals surface area contributed by atoms with Gasteiger partial charge < -0.3 is 0 Å². The fraction of sp³-hybridized carbons (Fsp3) is 0.0714. The number of hydrogen-bond donors (Lipinski definition) is 0. The van der Waals surface area contributed by atoms with Gasteiger partial charge in [-0.25, -0.2) is 15.0 Å². The third-order valence-corrected chi connectivity index (χ3v) is 11.9. The molecule has 226 valence electrons. The summed E-state index contributed by atoms with van der Waals surface area (Å²) in [5, 5.41) is 3.89. The molecule has 0 aliphatic heterocycles. The molecule has 0 saturated heterocycles. The summed E-state index contributed by atoms with van der Waals surface area (Å²) in [4.78, 5) is 15.1. The van der Waals surface area contributed by atoms with Crippen LogP contribution in [0.25, 0.3) is 76.6 Å². The maximum Gasteiger partial charge on any atom is 0.164 e. The Morgan fingerprint density at radius 3 is 1.70 bits per heavy atom. The van der Waals surface area contributed by atoms with Gasteiger partial charge in [-0.3, -0.25) is 0 Å². The molecule has 0 atom stereocenters. The Hall–Kier alpha value is -5.23. The third kappa shape index (κ3) is 5.69. The van der Waals surface area contributed by atoms with Crippen LogP contribution in [-0.2, 0) is 0 Å². The Kier molecular flexibility index (Phi) is 7.36. The lowest BCUT2D eigenvalue weighted by molar-refractivity contribution is 1.08. The number of rotatable bonds is 6. The Balaban J connectivity index is 1.20. The average molecular weight is 640 g/mol. The number of hydrogen-bond acceptors (Lipinski definition) is 4. The molecule has 0 amide bonds.